The predicted molar refractivity (Wildman–Crippen MR) is 114 cm³/mol. The summed E-state index contributed by atoms with van der Waals surface area (Å²) in [5.74, 6) is 0.505. The molecule has 8 nitrogen and oxygen atoms in total. The van der Waals surface area contributed by atoms with Crippen molar-refractivity contribution in [2.24, 2.45) is 5.10 Å². The van der Waals surface area contributed by atoms with Crippen molar-refractivity contribution in [3.05, 3.63) is 70.3 Å². The molecule has 1 unspecified atom stereocenters. The number of benzene rings is 1. The van der Waals surface area contributed by atoms with E-state index in [0.29, 0.717) is 35.0 Å². The molecule has 0 saturated carbocycles. The van der Waals surface area contributed by atoms with Crippen LogP contribution in [-0.4, -0.2) is 43.4 Å². The second kappa shape index (κ2) is 9.05. The van der Waals surface area contributed by atoms with Crippen LogP contribution in [0.1, 0.15) is 33.5 Å². The maximum absolute atomic E-state index is 13.0. The minimum absolute atomic E-state index is 0.222. The molecule has 1 amide bonds. The fourth-order valence-corrected chi connectivity index (χ4v) is 4.08. The zero-order chi connectivity index (χ0) is 21.8. The summed E-state index contributed by atoms with van der Waals surface area (Å²) in [5, 5.41) is 7.92. The molecule has 31 heavy (non-hydrogen) atoms. The molecule has 0 N–H and O–H groups in total. The zero-order valence-electron chi connectivity index (χ0n) is 16.9. The number of hydrazone groups is 1. The molecule has 1 aliphatic heterocycles. The lowest BCUT2D eigenvalue weighted by Gasteiger charge is -2.21. The predicted octanol–water partition coefficient (Wildman–Crippen LogP) is 3.89. The second-order valence-electron chi connectivity index (χ2n) is 6.64. The van der Waals surface area contributed by atoms with Crippen molar-refractivity contribution in [1.29, 1.82) is 0 Å². The van der Waals surface area contributed by atoms with Gasteiger partial charge in [0, 0.05) is 11.3 Å². The summed E-state index contributed by atoms with van der Waals surface area (Å²) in [6, 6.07) is 11.9. The Hall–Kier alpha value is -3.59. The highest BCUT2D eigenvalue weighted by Crippen LogP contribution is 2.35. The van der Waals surface area contributed by atoms with Crippen LogP contribution in [0.5, 0.6) is 11.5 Å². The molecule has 0 spiro atoms. The monoisotopic (exact) mass is 440 g/mol. The lowest BCUT2D eigenvalue weighted by molar-refractivity contribution is -0.135. The molecule has 0 saturated heterocycles. The summed E-state index contributed by atoms with van der Waals surface area (Å²) in [6.07, 6.45) is 2.13. The normalized spacial score (nSPS) is 15.5. The van der Waals surface area contributed by atoms with Gasteiger partial charge in [0.25, 0.3) is 5.91 Å². The van der Waals surface area contributed by atoms with E-state index in [2.05, 4.69) is 5.10 Å². The minimum Gasteiger partial charge on any atom is -0.493 e. The maximum atomic E-state index is 13.0. The third kappa shape index (κ3) is 4.31. The Balaban J connectivity index is 1.52. The molecule has 3 aromatic rings. The van der Waals surface area contributed by atoms with Crippen LogP contribution in [0.4, 0.5) is 0 Å². The number of hydrogen-bond donors (Lipinski definition) is 0. The van der Waals surface area contributed by atoms with E-state index in [1.54, 1.807) is 35.8 Å². The Labute approximate surface area is 182 Å². The number of furan rings is 1. The summed E-state index contributed by atoms with van der Waals surface area (Å²) < 4.78 is 21.2. The fourth-order valence-electron chi connectivity index (χ4n) is 3.27. The SMILES string of the molecule is COC(=O)c1ccc(OCC(=O)N2N=C(c3ccco3)CC2c2cccs2)c(OC)c1. The molecule has 160 valence electrons. The van der Waals surface area contributed by atoms with Gasteiger partial charge in [0.15, 0.2) is 18.1 Å². The quantitative estimate of drug-likeness (QED) is 0.518. The van der Waals surface area contributed by atoms with Gasteiger partial charge >= 0.3 is 5.97 Å². The van der Waals surface area contributed by atoms with E-state index >= 15 is 0 Å². The van der Waals surface area contributed by atoms with Crippen LogP contribution in [0.3, 0.4) is 0 Å². The first-order valence-electron chi connectivity index (χ1n) is 9.46. The number of esters is 1. The van der Waals surface area contributed by atoms with Crippen LogP contribution < -0.4 is 9.47 Å². The molecule has 2 aromatic heterocycles. The standard InChI is InChI=1S/C22H20N2O6S/c1-27-19-11-14(22(26)28-2)7-8-18(19)30-13-21(25)24-16(20-6-4-10-31-20)12-15(23-24)17-5-3-9-29-17/h3-11,16H,12-13H2,1-2H3. The van der Waals surface area contributed by atoms with Crippen molar-refractivity contribution in [2.45, 2.75) is 12.5 Å². The average Bonchev–Trinajstić information content (AvgIpc) is 3.56. The Morgan fingerprint density at radius 1 is 1.19 bits per heavy atom. The van der Waals surface area contributed by atoms with Gasteiger partial charge < -0.3 is 18.6 Å². The second-order valence-corrected chi connectivity index (χ2v) is 7.62. The van der Waals surface area contributed by atoms with Crippen LogP contribution >= 0.6 is 11.3 Å². The Morgan fingerprint density at radius 2 is 2.06 bits per heavy atom. The van der Waals surface area contributed by atoms with Crippen molar-refractivity contribution in [3.63, 3.8) is 0 Å². The summed E-state index contributed by atoms with van der Waals surface area (Å²) in [4.78, 5) is 25.7. The topological polar surface area (TPSA) is 90.6 Å². The highest BCUT2D eigenvalue weighted by molar-refractivity contribution is 7.10. The molecule has 1 atom stereocenters. The highest BCUT2D eigenvalue weighted by atomic mass is 32.1. The molecule has 0 radical (unpaired) electrons. The number of carbonyl (C=O) groups excluding carboxylic acids is 2. The van der Waals surface area contributed by atoms with Crippen molar-refractivity contribution in [3.8, 4) is 11.5 Å². The molecule has 1 aliphatic rings. The third-order valence-electron chi connectivity index (χ3n) is 4.78. The van der Waals surface area contributed by atoms with E-state index in [1.165, 1.54) is 25.3 Å². The van der Waals surface area contributed by atoms with Gasteiger partial charge in [-0.05, 0) is 41.8 Å². The van der Waals surface area contributed by atoms with Crippen LogP contribution in [0.25, 0.3) is 0 Å². The first-order valence-corrected chi connectivity index (χ1v) is 10.3. The van der Waals surface area contributed by atoms with Crippen molar-refractivity contribution in [2.75, 3.05) is 20.8 Å². The van der Waals surface area contributed by atoms with Crippen LogP contribution in [0, 0.1) is 0 Å². The zero-order valence-corrected chi connectivity index (χ0v) is 17.8. The van der Waals surface area contributed by atoms with E-state index in [-0.39, 0.29) is 18.6 Å². The maximum Gasteiger partial charge on any atom is 0.337 e. The number of amides is 1. The average molecular weight is 440 g/mol. The Kier molecular flexibility index (Phi) is 6.03. The minimum atomic E-state index is -0.489. The molecular weight excluding hydrogens is 420 g/mol. The van der Waals surface area contributed by atoms with Gasteiger partial charge in [-0.1, -0.05) is 6.07 Å². The first kappa shape index (κ1) is 20.7. The van der Waals surface area contributed by atoms with Crippen molar-refractivity contribution < 1.29 is 28.2 Å². The van der Waals surface area contributed by atoms with Gasteiger partial charge in [-0.15, -0.1) is 11.3 Å². The number of hydrogen-bond acceptors (Lipinski definition) is 8. The summed E-state index contributed by atoms with van der Waals surface area (Å²) >= 11 is 1.57. The first-order chi connectivity index (χ1) is 15.1. The number of methoxy groups -OCH3 is 2. The third-order valence-corrected chi connectivity index (χ3v) is 5.75. The fraction of sp³-hybridized carbons (Fsp3) is 0.227. The lowest BCUT2D eigenvalue weighted by Crippen LogP contribution is -2.31. The van der Waals surface area contributed by atoms with E-state index in [0.717, 1.165) is 4.88 Å². The molecule has 9 heteroatoms. The number of nitrogens with zero attached hydrogens (tertiary/aromatic N) is 2. The van der Waals surface area contributed by atoms with Gasteiger partial charge in [0.2, 0.25) is 0 Å². The smallest absolute Gasteiger partial charge is 0.337 e. The van der Waals surface area contributed by atoms with E-state index in [4.69, 9.17) is 18.6 Å². The van der Waals surface area contributed by atoms with Gasteiger partial charge in [0.1, 0.15) is 11.5 Å². The molecule has 0 fully saturated rings. The summed E-state index contributed by atoms with van der Waals surface area (Å²) in [6.45, 7) is -0.245. The summed E-state index contributed by atoms with van der Waals surface area (Å²) in [7, 11) is 2.76. The molecule has 1 aromatic carbocycles. The number of carbonyl (C=O) groups is 2. The van der Waals surface area contributed by atoms with Gasteiger partial charge in [-0.2, -0.15) is 5.10 Å². The highest BCUT2D eigenvalue weighted by Gasteiger charge is 2.34. The van der Waals surface area contributed by atoms with Gasteiger partial charge in [-0.3, -0.25) is 4.79 Å². The van der Waals surface area contributed by atoms with Gasteiger partial charge in [-0.25, -0.2) is 9.80 Å². The van der Waals surface area contributed by atoms with E-state index in [9.17, 15) is 9.59 Å². The number of rotatable bonds is 7. The van der Waals surface area contributed by atoms with E-state index < -0.39 is 5.97 Å². The van der Waals surface area contributed by atoms with Crippen LogP contribution in [0.2, 0.25) is 0 Å². The van der Waals surface area contributed by atoms with Crippen LogP contribution in [0.15, 0.2) is 63.6 Å². The molecule has 0 bridgehead atoms. The van der Waals surface area contributed by atoms with Gasteiger partial charge in [0.05, 0.1) is 32.1 Å². The Morgan fingerprint density at radius 3 is 2.74 bits per heavy atom. The van der Waals surface area contributed by atoms with E-state index in [1.807, 2.05) is 23.6 Å². The van der Waals surface area contributed by atoms with Crippen molar-refractivity contribution >= 4 is 28.9 Å². The molecule has 4 rings (SSSR count). The van der Waals surface area contributed by atoms with Crippen LogP contribution in [-0.2, 0) is 9.53 Å². The van der Waals surface area contributed by atoms with Crippen molar-refractivity contribution in [1.82, 2.24) is 5.01 Å². The largest absolute Gasteiger partial charge is 0.493 e. The molecule has 0 aliphatic carbocycles. The number of thiophene rings is 1. The lowest BCUT2D eigenvalue weighted by atomic mass is 10.1. The summed E-state index contributed by atoms with van der Waals surface area (Å²) in [5.41, 5.74) is 1.03. The number of ether oxygens (including phenoxy) is 3. The Bertz CT molecular complexity index is 1090. The molecular formula is C22H20N2O6S. The molecule has 3 heterocycles.